The molecule has 2 aromatic heterocycles. The highest BCUT2D eigenvalue weighted by Gasteiger charge is 2.46. The van der Waals surface area contributed by atoms with E-state index in [1.807, 2.05) is 0 Å². The number of phenols is 3. The van der Waals surface area contributed by atoms with Crippen molar-refractivity contribution in [2.24, 2.45) is 0 Å². The third kappa shape index (κ3) is 4.30. The molecule has 0 radical (unpaired) electrons. The van der Waals surface area contributed by atoms with Crippen molar-refractivity contribution in [2.75, 3.05) is 6.61 Å². The lowest BCUT2D eigenvalue weighted by Crippen LogP contribution is -2.61. The molecule has 0 bridgehead atoms. The van der Waals surface area contributed by atoms with Crippen LogP contribution in [0.15, 0.2) is 60.7 Å². The van der Waals surface area contributed by atoms with Crippen LogP contribution in [0.1, 0.15) is 26.3 Å². The van der Waals surface area contributed by atoms with E-state index in [1.165, 1.54) is 47.2 Å². The van der Waals surface area contributed by atoms with Gasteiger partial charge in [-0.05, 0) is 42.0 Å². The molecule has 5 atom stereocenters. The number of aliphatic hydroxyl groups is 4. The number of aromatic hydroxyl groups is 3. The first-order chi connectivity index (χ1) is 23.1. The van der Waals surface area contributed by atoms with Crippen molar-refractivity contribution in [3.8, 4) is 17.2 Å². The molecule has 1 saturated heterocycles. The van der Waals surface area contributed by atoms with Crippen LogP contribution in [0.2, 0.25) is 0 Å². The van der Waals surface area contributed by atoms with Gasteiger partial charge >= 0.3 is 0 Å². The van der Waals surface area contributed by atoms with Crippen molar-refractivity contribution in [3.05, 3.63) is 77.4 Å². The molecule has 8 rings (SSSR count). The van der Waals surface area contributed by atoms with Crippen molar-refractivity contribution in [1.82, 2.24) is 20.1 Å². The molecule has 246 valence electrons. The Hall–Kier alpha value is -5.42. The van der Waals surface area contributed by atoms with E-state index < -0.39 is 49.1 Å². The Morgan fingerprint density at radius 2 is 1.50 bits per heavy atom. The van der Waals surface area contributed by atoms with Gasteiger partial charge in [-0.2, -0.15) is 4.73 Å². The number of aromatic nitrogens is 2. The van der Waals surface area contributed by atoms with Crippen LogP contribution in [0, 0.1) is 0 Å². The number of nitrogens with zero attached hydrogens (tertiary/aromatic N) is 2. The third-order valence-electron chi connectivity index (χ3n) is 8.92. The largest absolute Gasteiger partial charge is 0.508 e. The molecular formula is C33H28N4O11. The van der Waals surface area contributed by atoms with Crippen LogP contribution in [-0.4, -0.2) is 99.6 Å². The summed E-state index contributed by atoms with van der Waals surface area (Å²) in [5.74, 6) is -1.60. The van der Waals surface area contributed by atoms with Crippen molar-refractivity contribution in [1.29, 1.82) is 0 Å². The van der Waals surface area contributed by atoms with Crippen LogP contribution in [0.4, 0.5) is 0 Å². The van der Waals surface area contributed by atoms with Gasteiger partial charge in [0.05, 0.1) is 34.3 Å². The molecule has 6 aromatic rings. The summed E-state index contributed by atoms with van der Waals surface area (Å²) >= 11 is 0. The highest BCUT2D eigenvalue weighted by molar-refractivity contribution is 6.39. The quantitative estimate of drug-likeness (QED) is 0.115. The minimum Gasteiger partial charge on any atom is -0.508 e. The number of hydrazine groups is 1. The number of benzene rings is 4. The minimum atomic E-state index is -1.79. The normalized spacial score (nSPS) is 22.8. The van der Waals surface area contributed by atoms with Gasteiger partial charge in [0.15, 0.2) is 0 Å². The summed E-state index contributed by atoms with van der Waals surface area (Å²) < 4.78 is 6.82. The Labute approximate surface area is 268 Å². The van der Waals surface area contributed by atoms with Crippen molar-refractivity contribution < 1.29 is 54.9 Å². The number of phenolic OH excluding ortho intramolecular Hbond substituents is 3. The second kappa shape index (κ2) is 10.8. The van der Waals surface area contributed by atoms with Crippen LogP contribution in [0.3, 0.4) is 0 Å². The summed E-state index contributed by atoms with van der Waals surface area (Å²) in [6.07, 6.45) is -8.15. The third-order valence-corrected chi connectivity index (χ3v) is 8.92. The van der Waals surface area contributed by atoms with Crippen LogP contribution >= 0.6 is 0 Å². The summed E-state index contributed by atoms with van der Waals surface area (Å²) in [5.41, 5.74) is 4.62. The van der Waals surface area contributed by atoms with Gasteiger partial charge in [0, 0.05) is 40.2 Å². The van der Waals surface area contributed by atoms with E-state index >= 15 is 0 Å². The average molecular weight is 657 g/mol. The number of imide groups is 1. The second-order valence-electron chi connectivity index (χ2n) is 11.8. The molecule has 0 aliphatic carbocycles. The number of hydrogen-bond donors (Lipinski definition) is 9. The molecule has 4 aromatic carbocycles. The van der Waals surface area contributed by atoms with Gasteiger partial charge in [-0.15, -0.1) is 0 Å². The fourth-order valence-electron chi connectivity index (χ4n) is 6.69. The Morgan fingerprint density at radius 3 is 2.23 bits per heavy atom. The number of nitrogens with one attached hydrogen (secondary N) is 2. The topological polar surface area (TPSA) is 230 Å². The van der Waals surface area contributed by atoms with Crippen LogP contribution in [0.25, 0.3) is 43.6 Å². The Bertz CT molecular complexity index is 2310. The number of aliphatic hydroxyl groups excluding tert-OH is 4. The molecule has 9 N–H and O–H groups in total. The number of carbonyl (C=O) groups is 2. The number of H-pyrrole nitrogens is 1. The van der Waals surface area contributed by atoms with Gasteiger partial charge in [0.2, 0.25) is 0 Å². The summed E-state index contributed by atoms with van der Waals surface area (Å²) in [4.78, 5) is 37.8. The number of amides is 2. The molecule has 2 aliphatic rings. The first-order valence-corrected chi connectivity index (χ1v) is 14.9. The molecule has 2 amide bonds. The molecule has 15 nitrogen and oxygen atoms in total. The van der Waals surface area contributed by atoms with Gasteiger partial charge in [0.25, 0.3) is 18.1 Å². The fourth-order valence-corrected chi connectivity index (χ4v) is 6.69. The molecule has 0 spiro atoms. The van der Waals surface area contributed by atoms with Gasteiger partial charge in [0.1, 0.15) is 47.2 Å². The van der Waals surface area contributed by atoms with Crippen LogP contribution in [-0.2, 0) is 11.3 Å². The van der Waals surface area contributed by atoms with E-state index in [9.17, 15) is 45.3 Å². The average Bonchev–Trinajstić information content (AvgIpc) is 3.66. The zero-order valence-electron chi connectivity index (χ0n) is 24.7. The van der Waals surface area contributed by atoms with E-state index in [0.717, 1.165) is 5.01 Å². The number of ether oxygens (including phenoxy) is 1. The molecule has 4 heterocycles. The predicted molar refractivity (Wildman–Crippen MR) is 168 cm³/mol. The lowest BCUT2D eigenvalue weighted by molar-refractivity contribution is -0.298. The van der Waals surface area contributed by atoms with E-state index in [1.54, 1.807) is 18.2 Å². The molecule has 2 aliphatic heterocycles. The second-order valence-corrected chi connectivity index (χ2v) is 11.8. The Balaban J connectivity index is 1.39. The first kappa shape index (κ1) is 29.9. The summed E-state index contributed by atoms with van der Waals surface area (Å²) in [6.45, 7) is -0.687. The number of rotatable bonds is 6. The van der Waals surface area contributed by atoms with Crippen LogP contribution < -0.4 is 10.3 Å². The zero-order chi connectivity index (χ0) is 33.6. The molecule has 1 fully saturated rings. The fraction of sp³-hybridized carbons (Fsp3) is 0.212. The maximum Gasteiger partial charge on any atom is 0.276 e. The molecule has 15 heteroatoms. The summed E-state index contributed by atoms with van der Waals surface area (Å²) in [6, 6.07) is 15.1. The molecular weight excluding hydrogens is 628 g/mol. The molecule has 48 heavy (non-hydrogen) atoms. The number of fused-ring (bicyclic) bond motifs is 10. The van der Waals surface area contributed by atoms with Crippen molar-refractivity contribution >= 4 is 55.4 Å². The van der Waals surface area contributed by atoms with Crippen molar-refractivity contribution in [2.45, 2.75) is 37.3 Å². The smallest absolute Gasteiger partial charge is 0.276 e. The van der Waals surface area contributed by atoms with E-state index in [-0.39, 0.29) is 51.3 Å². The van der Waals surface area contributed by atoms with Gasteiger partial charge in [-0.25, -0.2) is 10.4 Å². The highest BCUT2D eigenvalue weighted by atomic mass is 16.8. The van der Waals surface area contributed by atoms with Crippen LogP contribution in [0.5, 0.6) is 17.2 Å². The summed E-state index contributed by atoms with van der Waals surface area (Å²) in [7, 11) is 0. The van der Waals surface area contributed by atoms with Gasteiger partial charge in [-0.1, -0.05) is 12.1 Å². The monoisotopic (exact) mass is 656 g/mol. The number of carbonyl (C=O) groups excluding carboxylic acids is 2. The van der Waals surface area contributed by atoms with E-state index in [2.05, 4.69) is 10.4 Å². The summed E-state index contributed by atoms with van der Waals surface area (Å²) in [5, 5.41) is 74.4. The first-order valence-electron chi connectivity index (χ1n) is 14.9. The predicted octanol–water partition coefficient (Wildman–Crippen LogP) is 1.08. The lowest BCUT2D eigenvalue weighted by Gasteiger charge is -2.39. The van der Waals surface area contributed by atoms with Gasteiger partial charge in [-0.3, -0.25) is 9.59 Å². The standard InChI is InChI=1S/C33H28N4O11/c38-12-21-28(42)29(43)30(44)33(47-21)48-37-20-10-16(41)5-7-18(20)23-25-24(22-17-6-4-15(40)9-19(17)35-26(22)27(23)37)31(45)36(32(25)46)34-11-13-2-1-3-14(39)8-13/h1-10,21,28-30,33-35,38-44H,11-12H2/t21-,28-,29+,30-,33+/m1/s1. The highest BCUT2D eigenvalue weighted by Crippen LogP contribution is 2.45. The van der Waals surface area contributed by atoms with Gasteiger partial charge < -0.3 is 50.3 Å². The van der Waals surface area contributed by atoms with Crippen molar-refractivity contribution in [3.63, 3.8) is 0 Å². The maximum atomic E-state index is 14.3. The van der Waals surface area contributed by atoms with E-state index in [0.29, 0.717) is 32.8 Å². The van der Waals surface area contributed by atoms with E-state index in [4.69, 9.17) is 9.57 Å². The zero-order valence-corrected chi connectivity index (χ0v) is 24.7. The SMILES string of the molecule is O=C1c2c(c3c4ccc(O)cc4n(O[C@@H]4O[C@H](CO)[C@@H](O)[C@H](O)[C@H]4O)c3c3[nH]c4cc(O)ccc4c23)C(=O)N1NCc1cccc(O)c1. The number of aromatic amines is 1. The minimum absolute atomic E-state index is 0.00623. The number of hydrogen-bond acceptors (Lipinski definition) is 12. The molecule has 0 saturated carbocycles. The maximum absolute atomic E-state index is 14.3. The molecule has 0 unspecified atom stereocenters. The lowest BCUT2D eigenvalue weighted by atomic mass is 9.96. The Kier molecular flexibility index (Phi) is 6.75. The Morgan fingerprint density at radius 1 is 0.812 bits per heavy atom.